The van der Waals surface area contributed by atoms with Gasteiger partial charge in [-0.2, -0.15) is 10.2 Å². The number of ether oxygens (including phenoxy) is 4. The molecule has 4 heterocycles. The minimum Gasteiger partial charge on any atom is -0.497 e. The van der Waals surface area contributed by atoms with E-state index >= 15 is 4.57 Å². The van der Waals surface area contributed by atoms with Gasteiger partial charge in [-0.3, -0.25) is 37.9 Å². The fraction of sp³-hybridized carbons (Fsp3) is 0.389. The zero-order valence-corrected chi connectivity index (χ0v) is 44.0. The molecular formula is C54H62N9O11P. The van der Waals surface area contributed by atoms with Crippen LogP contribution in [-0.4, -0.2) is 142 Å². The number of aliphatic imine (C=N–C) groups is 1. The Hall–Kier alpha value is -7.08. The molecule has 1 saturated heterocycles. The molecule has 2 aliphatic heterocycles. The number of nitrogens with zero attached hydrogens (tertiary/aromatic N) is 8. The molecule has 8 rings (SSSR count). The average Bonchev–Trinajstić information content (AvgIpc) is 4.06. The van der Waals surface area contributed by atoms with Crippen molar-refractivity contribution in [3.8, 4) is 17.6 Å². The molecule has 4 aromatic carbocycles. The minimum absolute atomic E-state index is 0.0299. The number of amides is 2. The largest absolute Gasteiger partial charge is 0.497 e. The zero-order valence-electron chi connectivity index (χ0n) is 43.1. The Kier molecular flexibility index (Phi) is 16.8. The van der Waals surface area contributed by atoms with Crippen molar-refractivity contribution in [1.82, 2.24) is 34.0 Å². The summed E-state index contributed by atoms with van der Waals surface area (Å²) in [6.45, 7) is 6.89. The van der Waals surface area contributed by atoms with Crippen LogP contribution < -0.4 is 15.0 Å². The van der Waals surface area contributed by atoms with E-state index < -0.39 is 73.3 Å². The maximum absolute atomic E-state index is 16.0. The van der Waals surface area contributed by atoms with E-state index in [0.717, 1.165) is 4.90 Å². The molecule has 0 spiro atoms. The number of nitrogens with one attached hydrogen (secondary N) is 1. The van der Waals surface area contributed by atoms with Crippen LogP contribution >= 0.6 is 7.75 Å². The van der Waals surface area contributed by atoms with Crippen molar-refractivity contribution >= 4 is 43.0 Å². The SMILES string of the molecule is COc1ccc(C(c2ccccc2)(c2ccc(OC)cc2)C(O)[C@H]2O[C@@H](n3cnc4c(=O)[nH]c(N=CN(C)C)nc43)[C@H](OCCCN3C(=O)c4ccccc4C3=O)[C@@H]2OP(=O)(OCCC#N)N(C(C)C)C(C)C)cc1. The second-order valence-corrected chi connectivity index (χ2v) is 20.7. The third-order valence-corrected chi connectivity index (χ3v) is 15.7. The quantitative estimate of drug-likeness (QED) is 0.0160. The fourth-order valence-electron chi connectivity index (χ4n) is 10.00. The van der Waals surface area contributed by atoms with E-state index in [0.29, 0.717) is 39.3 Å². The number of hydrogen-bond donors (Lipinski definition) is 2. The van der Waals surface area contributed by atoms with Crippen molar-refractivity contribution in [2.75, 3.05) is 48.1 Å². The Morgan fingerprint density at radius 1 is 0.853 bits per heavy atom. The summed E-state index contributed by atoms with van der Waals surface area (Å²) in [5.41, 5.74) is 0.226. The normalized spacial score (nSPS) is 19.1. The maximum Gasteiger partial charge on any atom is 0.409 e. The third-order valence-electron chi connectivity index (χ3n) is 13.2. The number of carbonyl (C=O) groups is 2. The van der Waals surface area contributed by atoms with E-state index in [1.807, 2.05) is 82.3 Å². The van der Waals surface area contributed by atoms with Gasteiger partial charge in [-0.05, 0) is 87.2 Å². The van der Waals surface area contributed by atoms with E-state index in [2.05, 4.69) is 21.0 Å². The number of aromatic nitrogens is 4. The molecule has 2 aliphatic rings. The van der Waals surface area contributed by atoms with Gasteiger partial charge in [0.05, 0.1) is 62.5 Å². The first-order chi connectivity index (χ1) is 36.1. The number of fused-ring (bicyclic) bond motifs is 2. The number of aliphatic hydroxyl groups excluding tert-OH is 1. The van der Waals surface area contributed by atoms with Crippen LogP contribution in [0.25, 0.3) is 11.2 Å². The van der Waals surface area contributed by atoms with Crippen molar-refractivity contribution < 1.29 is 47.3 Å². The highest BCUT2D eigenvalue weighted by atomic mass is 31.2. The van der Waals surface area contributed by atoms with Gasteiger partial charge >= 0.3 is 7.75 Å². The van der Waals surface area contributed by atoms with Crippen LogP contribution in [-0.2, 0) is 28.5 Å². The standard InChI is InChI=1S/C54H62N9O11P/c1-34(2)63(35(3)4)75(68,72-31-14-28-55)74-44-45(47(64)54(36-16-10-9-11-17-36,37-20-24-39(69-7)25-21-37)38-22-26-40(70-8)27-23-38)73-52(62-33-56-43-48(62)58-53(59-49(43)65)57-32-60(5)6)46(44)71-30-15-29-61-50(66)41-18-12-13-19-42(41)51(61)67/h9-13,16-27,32-35,44-47,52,64H,14-15,29-31H2,1-8H3,(H,58,59,65)/t44-,45+,46-,47?,52-,75?/m1/s1. The summed E-state index contributed by atoms with van der Waals surface area (Å²) in [6, 6.07) is 31.6. The Morgan fingerprint density at radius 3 is 1.97 bits per heavy atom. The number of hydrogen-bond acceptors (Lipinski definition) is 15. The molecule has 394 valence electrons. The molecule has 2 aromatic heterocycles. The van der Waals surface area contributed by atoms with Crippen LogP contribution in [0, 0.1) is 11.3 Å². The van der Waals surface area contributed by atoms with Crippen LogP contribution in [0.4, 0.5) is 5.95 Å². The van der Waals surface area contributed by atoms with E-state index in [9.17, 15) is 24.8 Å². The molecule has 2 N–H and O–H groups in total. The van der Waals surface area contributed by atoms with Gasteiger partial charge in [0.1, 0.15) is 35.9 Å². The van der Waals surface area contributed by atoms with E-state index in [4.69, 9.17) is 33.0 Å². The van der Waals surface area contributed by atoms with Gasteiger partial charge in [0, 0.05) is 39.3 Å². The fourth-order valence-corrected chi connectivity index (χ4v) is 12.3. The van der Waals surface area contributed by atoms with Crippen LogP contribution in [0.3, 0.4) is 0 Å². The monoisotopic (exact) mass is 1040 g/mol. The lowest BCUT2D eigenvalue weighted by atomic mass is 9.64. The maximum atomic E-state index is 16.0. The van der Waals surface area contributed by atoms with Crippen molar-refractivity contribution in [3.05, 3.63) is 148 Å². The second kappa shape index (κ2) is 23.2. The molecule has 6 aromatic rings. The number of imide groups is 1. The number of rotatable bonds is 23. The number of H-pyrrole nitrogens is 1. The van der Waals surface area contributed by atoms with Crippen LogP contribution in [0.2, 0.25) is 0 Å². The molecule has 1 fully saturated rings. The van der Waals surface area contributed by atoms with E-state index in [-0.39, 0.29) is 49.7 Å². The number of carbonyl (C=O) groups excluding carboxylic acids is 2. The first-order valence-electron chi connectivity index (χ1n) is 24.6. The topological polar surface area (TPSA) is 236 Å². The van der Waals surface area contributed by atoms with Crippen LogP contribution in [0.1, 0.15) is 84.2 Å². The summed E-state index contributed by atoms with van der Waals surface area (Å²) >= 11 is 0. The number of aromatic amines is 1. The molecule has 75 heavy (non-hydrogen) atoms. The zero-order chi connectivity index (χ0) is 53.6. The molecule has 0 bridgehead atoms. The van der Waals surface area contributed by atoms with Gasteiger partial charge in [0.2, 0.25) is 5.95 Å². The van der Waals surface area contributed by atoms with Crippen molar-refractivity contribution in [2.24, 2.45) is 4.99 Å². The van der Waals surface area contributed by atoms with Crippen LogP contribution in [0.5, 0.6) is 11.5 Å². The summed E-state index contributed by atoms with van der Waals surface area (Å²) in [7, 11) is 2.07. The number of imidazole rings is 1. The molecular weight excluding hydrogens is 982 g/mol. The van der Waals surface area contributed by atoms with Gasteiger partial charge in [0.25, 0.3) is 17.4 Å². The van der Waals surface area contributed by atoms with Gasteiger partial charge in [-0.15, -0.1) is 0 Å². The molecule has 0 aliphatic carbocycles. The van der Waals surface area contributed by atoms with Gasteiger partial charge in [0.15, 0.2) is 17.4 Å². The van der Waals surface area contributed by atoms with Gasteiger partial charge in [-0.1, -0.05) is 66.7 Å². The summed E-state index contributed by atoms with van der Waals surface area (Å²) in [4.78, 5) is 59.7. The molecule has 6 atom stereocenters. The lowest BCUT2D eigenvalue weighted by molar-refractivity contribution is -0.0988. The Balaban J connectivity index is 1.35. The molecule has 2 unspecified atom stereocenters. The number of aliphatic hydroxyl groups is 1. The lowest BCUT2D eigenvalue weighted by Gasteiger charge is -2.44. The highest BCUT2D eigenvalue weighted by molar-refractivity contribution is 7.51. The first-order valence-corrected chi connectivity index (χ1v) is 26.1. The number of methoxy groups -OCH3 is 2. The summed E-state index contributed by atoms with van der Waals surface area (Å²) in [5, 5.41) is 23.7. The Morgan fingerprint density at radius 2 is 1.43 bits per heavy atom. The highest BCUT2D eigenvalue weighted by Crippen LogP contribution is 2.59. The molecule has 21 heteroatoms. The Bertz CT molecular complexity index is 3050. The highest BCUT2D eigenvalue weighted by Gasteiger charge is 2.59. The Labute approximate surface area is 435 Å². The molecule has 2 amide bonds. The van der Waals surface area contributed by atoms with Gasteiger partial charge in [-0.25, -0.2) is 19.2 Å². The lowest BCUT2D eigenvalue weighted by Crippen LogP contribution is -2.53. The third kappa shape index (κ3) is 10.8. The molecule has 0 saturated carbocycles. The molecule has 0 radical (unpaired) electrons. The average molecular weight is 1040 g/mol. The van der Waals surface area contributed by atoms with Crippen molar-refractivity contribution in [1.29, 1.82) is 5.26 Å². The molecule has 20 nitrogen and oxygen atoms in total. The summed E-state index contributed by atoms with van der Waals surface area (Å²) < 4.78 is 57.7. The van der Waals surface area contributed by atoms with Crippen molar-refractivity contribution in [3.63, 3.8) is 0 Å². The van der Waals surface area contributed by atoms with Gasteiger partial charge < -0.3 is 29.0 Å². The van der Waals surface area contributed by atoms with E-state index in [1.165, 1.54) is 17.2 Å². The predicted octanol–water partition coefficient (Wildman–Crippen LogP) is 7.26. The first kappa shape index (κ1) is 54.2. The van der Waals surface area contributed by atoms with Crippen LogP contribution in [0.15, 0.2) is 119 Å². The predicted molar refractivity (Wildman–Crippen MR) is 279 cm³/mol. The minimum atomic E-state index is -4.56. The van der Waals surface area contributed by atoms with Crippen molar-refractivity contribution in [2.45, 2.75) is 88.7 Å². The smallest absolute Gasteiger partial charge is 0.409 e. The summed E-state index contributed by atoms with van der Waals surface area (Å²) in [6.07, 6.45) is -4.62. The van der Waals surface area contributed by atoms with E-state index in [1.54, 1.807) is 86.4 Å². The number of benzene rings is 4. The summed E-state index contributed by atoms with van der Waals surface area (Å²) in [5.74, 6) is 0.177. The second-order valence-electron chi connectivity index (χ2n) is 18.8. The number of nitriles is 1.